The number of benzene rings is 2. The molecule has 46 heavy (non-hydrogen) atoms. The van der Waals surface area contributed by atoms with Crippen molar-refractivity contribution in [1.29, 1.82) is 0 Å². The number of hydrogen-bond donors (Lipinski definition) is 1. The lowest BCUT2D eigenvalue weighted by Crippen LogP contribution is -2.55. The zero-order valence-corrected chi connectivity index (χ0v) is 30.7. The van der Waals surface area contributed by atoms with Gasteiger partial charge in [-0.15, -0.1) is 0 Å². The maximum absolute atomic E-state index is 13.7. The summed E-state index contributed by atoms with van der Waals surface area (Å²) in [5, 5.41) is 3.59. The van der Waals surface area contributed by atoms with Crippen LogP contribution in [0.15, 0.2) is 47.4 Å². The Morgan fingerprint density at radius 2 is 1.67 bits per heavy atom. The van der Waals surface area contributed by atoms with Gasteiger partial charge in [0.1, 0.15) is 5.75 Å². The summed E-state index contributed by atoms with van der Waals surface area (Å²) in [6.07, 6.45) is 1.17. The second-order valence-electron chi connectivity index (χ2n) is 13.7. The Balaban J connectivity index is 1.58. The standard InChI is InChI=1S/C35H54N2O7SSi/c1-24(2)46(25(3)4,26(5)6)44-34-17-13-29(21-36-34)43-33(23-45(39,40)30-14-10-27(7)11-15-30)28-12-16-32-31(20-28)37(18-9-19-41-8)35(38)22-42-32/h10-12,14-16,20,24-26,29,33-34,36H,9,13,17-19,21-23H2,1-8H3/t29-,33?,34+/m1/s1. The van der Waals surface area contributed by atoms with E-state index in [9.17, 15) is 13.2 Å². The third-order valence-electron chi connectivity index (χ3n) is 9.51. The van der Waals surface area contributed by atoms with E-state index in [-0.39, 0.29) is 35.5 Å². The van der Waals surface area contributed by atoms with E-state index < -0.39 is 24.3 Å². The van der Waals surface area contributed by atoms with E-state index >= 15 is 0 Å². The van der Waals surface area contributed by atoms with Crippen molar-refractivity contribution < 1.29 is 31.8 Å². The van der Waals surface area contributed by atoms with Crippen molar-refractivity contribution in [3.63, 3.8) is 0 Å². The normalized spacial score (nSPS) is 19.9. The molecule has 2 aromatic carbocycles. The lowest BCUT2D eigenvalue weighted by molar-refractivity contribution is -0.121. The molecule has 2 aliphatic heterocycles. The lowest BCUT2D eigenvalue weighted by atomic mass is 10.1. The molecular formula is C35H54N2O7SSi. The predicted molar refractivity (Wildman–Crippen MR) is 185 cm³/mol. The van der Waals surface area contributed by atoms with Gasteiger partial charge in [-0.05, 0) is 72.6 Å². The number of methoxy groups -OCH3 is 1. The summed E-state index contributed by atoms with van der Waals surface area (Å²) >= 11 is 0. The molecular weight excluding hydrogens is 621 g/mol. The molecule has 2 heterocycles. The molecule has 1 amide bonds. The monoisotopic (exact) mass is 674 g/mol. The smallest absolute Gasteiger partial charge is 0.265 e. The zero-order valence-electron chi connectivity index (χ0n) is 28.9. The molecule has 0 aliphatic carbocycles. The number of fused-ring (bicyclic) bond motifs is 1. The maximum atomic E-state index is 13.7. The first-order valence-electron chi connectivity index (χ1n) is 16.7. The molecule has 1 unspecified atom stereocenters. The fourth-order valence-electron chi connectivity index (χ4n) is 7.19. The van der Waals surface area contributed by atoms with Crippen LogP contribution >= 0.6 is 0 Å². The summed E-state index contributed by atoms with van der Waals surface area (Å²) in [7, 11) is -4.13. The molecule has 3 atom stereocenters. The number of aryl methyl sites for hydroxylation is 1. The SMILES string of the molecule is COCCCN1C(=O)COc2ccc(C(CS(=O)(=O)c3ccc(C)cc3)O[C@@H]3CC[C@H](O[Si](C(C)C)(C(C)C)C(C)C)NC3)cc21. The Hall–Kier alpha value is -2.28. The molecule has 2 aliphatic rings. The first kappa shape index (κ1) is 36.6. The first-order valence-corrected chi connectivity index (χ1v) is 20.5. The van der Waals surface area contributed by atoms with Gasteiger partial charge in [0, 0.05) is 26.8 Å². The van der Waals surface area contributed by atoms with E-state index in [1.165, 1.54) is 0 Å². The Labute approximate surface area is 277 Å². The molecule has 4 rings (SSSR count). The summed E-state index contributed by atoms with van der Waals surface area (Å²) in [5.74, 6) is 0.221. The molecule has 9 nitrogen and oxygen atoms in total. The van der Waals surface area contributed by atoms with Crippen molar-refractivity contribution in [2.45, 2.75) is 108 Å². The minimum absolute atomic E-state index is 0.0351. The third-order valence-corrected chi connectivity index (χ3v) is 17.4. The number of carbonyl (C=O) groups is 1. The topological polar surface area (TPSA) is 103 Å². The van der Waals surface area contributed by atoms with Gasteiger partial charge in [0.25, 0.3) is 5.91 Å². The Morgan fingerprint density at radius 1 is 1.00 bits per heavy atom. The predicted octanol–water partition coefficient (Wildman–Crippen LogP) is 6.56. The summed E-state index contributed by atoms with van der Waals surface area (Å²) in [6, 6.07) is 12.4. The van der Waals surface area contributed by atoms with Crippen LogP contribution in [-0.2, 0) is 28.5 Å². The van der Waals surface area contributed by atoms with Crippen LogP contribution in [-0.4, -0.2) is 74.1 Å². The van der Waals surface area contributed by atoms with E-state index in [0.717, 1.165) is 18.4 Å². The highest BCUT2D eigenvalue weighted by molar-refractivity contribution is 7.91. The summed E-state index contributed by atoms with van der Waals surface area (Å²) in [5.41, 5.74) is 3.74. The number of anilines is 1. The highest BCUT2D eigenvalue weighted by Crippen LogP contribution is 2.44. The van der Waals surface area contributed by atoms with E-state index in [1.807, 2.05) is 37.3 Å². The van der Waals surface area contributed by atoms with Gasteiger partial charge >= 0.3 is 0 Å². The van der Waals surface area contributed by atoms with Crippen molar-refractivity contribution in [3.05, 3.63) is 53.6 Å². The third kappa shape index (κ3) is 8.40. The second kappa shape index (κ2) is 15.7. The number of ether oxygens (including phenoxy) is 3. The number of amides is 1. The van der Waals surface area contributed by atoms with Crippen LogP contribution in [0.2, 0.25) is 16.6 Å². The average molecular weight is 675 g/mol. The van der Waals surface area contributed by atoms with Gasteiger partial charge < -0.3 is 23.5 Å². The van der Waals surface area contributed by atoms with Crippen LogP contribution in [0.25, 0.3) is 0 Å². The van der Waals surface area contributed by atoms with Crippen LogP contribution < -0.4 is 15.0 Å². The first-order chi connectivity index (χ1) is 21.8. The Bertz CT molecular complexity index is 1380. The van der Waals surface area contributed by atoms with Gasteiger partial charge in [-0.3, -0.25) is 10.1 Å². The van der Waals surface area contributed by atoms with Crippen LogP contribution in [0.3, 0.4) is 0 Å². The molecule has 0 aromatic heterocycles. The van der Waals surface area contributed by atoms with Crippen molar-refractivity contribution in [2.24, 2.45) is 0 Å². The van der Waals surface area contributed by atoms with E-state index in [1.54, 1.807) is 24.1 Å². The highest BCUT2D eigenvalue weighted by Gasteiger charge is 2.47. The van der Waals surface area contributed by atoms with Crippen molar-refractivity contribution >= 4 is 29.7 Å². The van der Waals surface area contributed by atoms with Crippen LogP contribution in [0, 0.1) is 6.92 Å². The minimum atomic E-state index is -3.69. The number of nitrogens with one attached hydrogen (secondary N) is 1. The number of nitrogens with zero attached hydrogens (tertiary/aromatic N) is 1. The number of carbonyl (C=O) groups excluding carboxylic acids is 1. The van der Waals surface area contributed by atoms with Crippen molar-refractivity contribution in [1.82, 2.24) is 5.32 Å². The minimum Gasteiger partial charge on any atom is -0.482 e. The number of sulfone groups is 1. The van der Waals surface area contributed by atoms with Gasteiger partial charge in [0.05, 0.1) is 34.8 Å². The largest absolute Gasteiger partial charge is 0.482 e. The Morgan fingerprint density at radius 3 is 2.26 bits per heavy atom. The van der Waals surface area contributed by atoms with Crippen LogP contribution in [0.5, 0.6) is 5.75 Å². The van der Waals surface area contributed by atoms with Gasteiger partial charge in [-0.25, -0.2) is 8.42 Å². The molecule has 0 radical (unpaired) electrons. The van der Waals surface area contributed by atoms with E-state index in [0.29, 0.717) is 59.7 Å². The van der Waals surface area contributed by atoms with Crippen LogP contribution in [0.4, 0.5) is 5.69 Å². The molecule has 1 fully saturated rings. The number of piperidine rings is 1. The maximum Gasteiger partial charge on any atom is 0.265 e. The molecule has 2 aromatic rings. The van der Waals surface area contributed by atoms with Gasteiger partial charge in [-0.2, -0.15) is 0 Å². The van der Waals surface area contributed by atoms with E-state index in [4.69, 9.17) is 18.6 Å². The Kier molecular flexibility index (Phi) is 12.5. The van der Waals surface area contributed by atoms with Gasteiger partial charge in [0.15, 0.2) is 16.4 Å². The molecule has 256 valence electrons. The fourth-order valence-corrected chi connectivity index (χ4v) is 14.1. The molecule has 1 N–H and O–H groups in total. The molecule has 1 saturated heterocycles. The number of hydrogen-bond acceptors (Lipinski definition) is 8. The second-order valence-corrected chi connectivity index (χ2v) is 21.1. The average Bonchev–Trinajstić information content (AvgIpc) is 3.00. The van der Waals surface area contributed by atoms with Crippen LogP contribution in [0.1, 0.15) is 78.0 Å². The molecule has 0 bridgehead atoms. The number of rotatable bonds is 15. The van der Waals surface area contributed by atoms with Crippen molar-refractivity contribution in [3.8, 4) is 5.75 Å². The summed E-state index contributed by atoms with van der Waals surface area (Å²) < 4.78 is 52.1. The summed E-state index contributed by atoms with van der Waals surface area (Å²) in [4.78, 5) is 14.8. The quantitative estimate of drug-likeness (QED) is 0.168. The fraction of sp³-hybridized carbons (Fsp3) is 0.629. The highest BCUT2D eigenvalue weighted by atomic mass is 32.2. The van der Waals surface area contributed by atoms with Gasteiger partial charge in [0.2, 0.25) is 8.32 Å². The summed E-state index contributed by atoms with van der Waals surface area (Å²) in [6.45, 7) is 17.2. The van der Waals surface area contributed by atoms with Crippen molar-refractivity contribution in [2.75, 3.05) is 44.1 Å². The zero-order chi connectivity index (χ0) is 33.6. The van der Waals surface area contributed by atoms with E-state index in [2.05, 4.69) is 46.9 Å². The lowest BCUT2D eigenvalue weighted by Gasteiger charge is -2.46. The van der Waals surface area contributed by atoms with Gasteiger partial charge in [-0.1, -0.05) is 65.3 Å². The molecule has 0 spiro atoms. The molecule has 11 heteroatoms. The molecule has 0 saturated carbocycles.